The van der Waals surface area contributed by atoms with Gasteiger partial charge in [0.1, 0.15) is 12.1 Å². The van der Waals surface area contributed by atoms with E-state index < -0.39 is 0 Å². The smallest absolute Gasteiger partial charge is 0.255 e. The zero-order valence-electron chi connectivity index (χ0n) is 15.2. The summed E-state index contributed by atoms with van der Waals surface area (Å²) < 4.78 is 1.99. The first-order valence-corrected chi connectivity index (χ1v) is 8.99. The quantitative estimate of drug-likeness (QED) is 0.730. The molecule has 1 saturated heterocycles. The first-order chi connectivity index (χ1) is 12.6. The molecular formula is C20H23N5O. The van der Waals surface area contributed by atoms with E-state index in [1.807, 2.05) is 58.9 Å². The Balaban J connectivity index is 1.42. The number of piperidine rings is 1. The van der Waals surface area contributed by atoms with Gasteiger partial charge < -0.3 is 14.2 Å². The van der Waals surface area contributed by atoms with Crippen LogP contribution < -0.4 is 4.90 Å². The van der Waals surface area contributed by atoms with Gasteiger partial charge in [0.05, 0.1) is 5.56 Å². The zero-order valence-corrected chi connectivity index (χ0v) is 15.2. The Kier molecular flexibility index (Phi) is 4.32. The Labute approximate surface area is 153 Å². The van der Waals surface area contributed by atoms with E-state index in [-0.39, 0.29) is 5.91 Å². The Hall–Kier alpha value is -2.89. The molecule has 6 nitrogen and oxygen atoms in total. The second-order valence-electron chi connectivity index (χ2n) is 6.91. The van der Waals surface area contributed by atoms with Crippen molar-refractivity contribution >= 4 is 17.2 Å². The van der Waals surface area contributed by atoms with Crippen molar-refractivity contribution in [3.05, 3.63) is 60.3 Å². The van der Waals surface area contributed by atoms with Crippen molar-refractivity contribution in [2.45, 2.75) is 25.8 Å². The van der Waals surface area contributed by atoms with Crippen LogP contribution in [0, 0.1) is 6.92 Å². The second-order valence-corrected chi connectivity index (χ2v) is 6.91. The summed E-state index contributed by atoms with van der Waals surface area (Å²) in [6, 6.07) is 10.3. The Morgan fingerprint density at radius 1 is 1.19 bits per heavy atom. The van der Waals surface area contributed by atoms with E-state index in [1.54, 1.807) is 6.33 Å². The number of likely N-dealkylation sites (tertiary alicyclic amines) is 1. The van der Waals surface area contributed by atoms with E-state index in [2.05, 4.69) is 21.9 Å². The molecule has 4 rings (SSSR count). The van der Waals surface area contributed by atoms with Gasteiger partial charge in [0.25, 0.3) is 5.91 Å². The molecule has 26 heavy (non-hydrogen) atoms. The van der Waals surface area contributed by atoms with Crippen LogP contribution in [-0.4, -0.2) is 51.4 Å². The third kappa shape index (κ3) is 3.14. The number of aromatic nitrogens is 3. The summed E-state index contributed by atoms with van der Waals surface area (Å²) in [7, 11) is 2.07. The minimum atomic E-state index is 0.118. The molecule has 0 N–H and O–H groups in total. The molecule has 1 amide bonds. The maximum Gasteiger partial charge on any atom is 0.255 e. The zero-order chi connectivity index (χ0) is 18.1. The van der Waals surface area contributed by atoms with Crippen LogP contribution in [0.15, 0.2) is 49.1 Å². The predicted octanol–water partition coefficient (Wildman–Crippen LogP) is 2.78. The van der Waals surface area contributed by atoms with Crippen LogP contribution in [0.5, 0.6) is 0 Å². The van der Waals surface area contributed by atoms with Crippen molar-refractivity contribution in [1.29, 1.82) is 0 Å². The van der Waals surface area contributed by atoms with Crippen molar-refractivity contribution in [3.8, 4) is 0 Å². The van der Waals surface area contributed by atoms with Crippen molar-refractivity contribution in [1.82, 2.24) is 19.3 Å². The molecule has 0 radical (unpaired) electrons. The average molecular weight is 349 g/mol. The molecule has 0 unspecified atom stereocenters. The highest BCUT2D eigenvalue weighted by Gasteiger charge is 2.27. The van der Waals surface area contributed by atoms with Gasteiger partial charge in [-0.05, 0) is 38.0 Å². The Morgan fingerprint density at radius 2 is 2.00 bits per heavy atom. The fourth-order valence-corrected chi connectivity index (χ4v) is 3.63. The second kappa shape index (κ2) is 6.78. The van der Waals surface area contributed by atoms with E-state index in [0.29, 0.717) is 6.04 Å². The van der Waals surface area contributed by atoms with Gasteiger partial charge in [-0.25, -0.2) is 9.97 Å². The third-order valence-electron chi connectivity index (χ3n) is 5.20. The Morgan fingerprint density at radius 3 is 2.73 bits per heavy atom. The molecule has 134 valence electrons. The summed E-state index contributed by atoms with van der Waals surface area (Å²) in [5.41, 5.74) is 2.77. The molecule has 0 spiro atoms. The summed E-state index contributed by atoms with van der Waals surface area (Å²) in [4.78, 5) is 25.5. The van der Waals surface area contributed by atoms with Gasteiger partial charge in [-0.1, -0.05) is 6.07 Å². The molecule has 1 aliphatic heterocycles. The molecular weight excluding hydrogens is 326 g/mol. The minimum Gasteiger partial charge on any atom is -0.356 e. The lowest BCUT2D eigenvalue weighted by Crippen LogP contribution is -2.45. The highest BCUT2D eigenvalue weighted by Crippen LogP contribution is 2.22. The van der Waals surface area contributed by atoms with Crippen LogP contribution in [-0.2, 0) is 0 Å². The standard InChI is InChI=1S/C20H23N5O/c1-15-11-19(22-14-21-15)23(2)17-6-9-24(10-7-17)20(26)16-12-18-5-3-4-8-25(18)13-16/h3-5,8,11-14,17H,6-7,9-10H2,1-2H3. The lowest BCUT2D eigenvalue weighted by Gasteiger charge is -2.37. The topological polar surface area (TPSA) is 53.7 Å². The number of hydrogen-bond donors (Lipinski definition) is 0. The predicted molar refractivity (Wildman–Crippen MR) is 101 cm³/mol. The van der Waals surface area contributed by atoms with Gasteiger partial charge in [-0.2, -0.15) is 0 Å². The van der Waals surface area contributed by atoms with Crippen molar-refractivity contribution in [2.75, 3.05) is 25.0 Å². The average Bonchev–Trinajstić information content (AvgIpc) is 3.11. The monoisotopic (exact) mass is 349 g/mol. The first kappa shape index (κ1) is 16.6. The third-order valence-corrected chi connectivity index (χ3v) is 5.20. The maximum atomic E-state index is 12.8. The van der Waals surface area contributed by atoms with Crippen LogP contribution in [0.3, 0.4) is 0 Å². The molecule has 1 aliphatic rings. The molecule has 0 atom stereocenters. The van der Waals surface area contributed by atoms with E-state index in [1.165, 1.54) is 0 Å². The normalized spacial score (nSPS) is 15.4. The van der Waals surface area contributed by atoms with Crippen LogP contribution >= 0.6 is 0 Å². The number of aryl methyl sites for hydroxylation is 1. The lowest BCUT2D eigenvalue weighted by molar-refractivity contribution is 0.0713. The number of carbonyl (C=O) groups is 1. The molecule has 6 heteroatoms. The molecule has 0 bridgehead atoms. The Bertz CT molecular complexity index is 894. The highest BCUT2D eigenvalue weighted by atomic mass is 16.2. The summed E-state index contributed by atoms with van der Waals surface area (Å²) in [6.07, 6.45) is 7.38. The number of carbonyl (C=O) groups excluding carboxylic acids is 1. The van der Waals surface area contributed by atoms with Crippen molar-refractivity contribution < 1.29 is 4.79 Å². The number of amides is 1. The molecule has 3 aromatic heterocycles. The van der Waals surface area contributed by atoms with Crippen LogP contribution in [0.25, 0.3) is 5.52 Å². The molecule has 0 aliphatic carbocycles. The van der Waals surface area contributed by atoms with Gasteiger partial charge in [0.2, 0.25) is 0 Å². The van der Waals surface area contributed by atoms with Gasteiger partial charge in [-0.15, -0.1) is 0 Å². The first-order valence-electron chi connectivity index (χ1n) is 8.99. The highest BCUT2D eigenvalue weighted by molar-refractivity contribution is 5.95. The van der Waals surface area contributed by atoms with Gasteiger partial charge in [0, 0.05) is 55.8 Å². The van der Waals surface area contributed by atoms with Crippen LogP contribution in [0.1, 0.15) is 28.9 Å². The summed E-state index contributed by atoms with van der Waals surface area (Å²) in [6.45, 7) is 3.51. The summed E-state index contributed by atoms with van der Waals surface area (Å²) in [5.74, 6) is 1.06. The van der Waals surface area contributed by atoms with E-state index in [9.17, 15) is 4.79 Å². The van der Waals surface area contributed by atoms with Crippen LogP contribution in [0.4, 0.5) is 5.82 Å². The van der Waals surface area contributed by atoms with E-state index >= 15 is 0 Å². The molecule has 3 aromatic rings. The van der Waals surface area contributed by atoms with Crippen molar-refractivity contribution in [3.63, 3.8) is 0 Å². The largest absolute Gasteiger partial charge is 0.356 e. The maximum absolute atomic E-state index is 12.8. The molecule has 0 saturated carbocycles. The number of fused-ring (bicyclic) bond motifs is 1. The fourth-order valence-electron chi connectivity index (χ4n) is 3.63. The van der Waals surface area contributed by atoms with Gasteiger partial charge in [-0.3, -0.25) is 4.79 Å². The lowest BCUT2D eigenvalue weighted by atomic mass is 10.0. The van der Waals surface area contributed by atoms with Gasteiger partial charge >= 0.3 is 0 Å². The molecule has 1 fully saturated rings. The molecule has 0 aromatic carbocycles. The minimum absolute atomic E-state index is 0.118. The van der Waals surface area contributed by atoms with E-state index in [0.717, 1.165) is 48.5 Å². The molecule has 4 heterocycles. The summed E-state index contributed by atoms with van der Waals surface area (Å²) in [5, 5.41) is 0. The van der Waals surface area contributed by atoms with Crippen LogP contribution in [0.2, 0.25) is 0 Å². The van der Waals surface area contributed by atoms with E-state index in [4.69, 9.17) is 0 Å². The SMILES string of the molecule is Cc1cc(N(C)C2CCN(C(=O)c3cc4ccccn4c3)CC2)ncn1. The number of nitrogens with zero attached hydrogens (tertiary/aromatic N) is 5. The van der Waals surface area contributed by atoms with Crippen molar-refractivity contribution in [2.24, 2.45) is 0 Å². The number of anilines is 1. The summed E-state index contributed by atoms with van der Waals surface area (Å²) >= 11 is 0. The number of rotatable bonds is 3. The number of pyridine rings is 1. The van der Waals surface area contributed by atoms with Gasteiger partial charge in [0.15, 0.2) is 0 Å². The number of hydrogen-bond acceptors (Lipinski definition) is 4. The fraction of sp³-hybridized carbons (Fsp3) is 0.350.